The highest BCUT2D eigenvalue weighted by Crippen LogP contribution is 2.26. The number of carbonyl (C=O) groups excluding carboxylic acids is 1. The third kappa shape index (κ3) is 1.76. The zero-order chi connectivity index (χ0) is 13.5. The number of nitrogens with zero attached hydrogens (tertiary/aromatic N) is 4. The second-order valence-electron chi connectivity index (χ2n) is 5.26. The quantitative estimate of drug-likeness (QED) is 0.826. The zero-order valence-corrected chi connectivity index (χ0v) is 11.0. The van der Waals surface area contributed by atoms with Gasteiger partial charge in [-0.05, 0) is 11.6 Å². The van der Waals surface area contributed by atoms with Crippen molar-refractivity contribution in [1.82, 2.24) is 19.7 Å². The Hall–Kier alpha value is -2.37. The lowest BCUT2D eigenvalue weighted by Gasteiger charge is -2.29. The molecule has 4 rings (SSSR count). The highest BCUT2D eigenvalue weighted by molar-refractivity contribution is 5.87. The predicted molar refractivity (Wildman–Crippen MR) is 73.0 cm³/mol. The fourth-order valence-electron chi connectivity index (χ4n) is 2.92. The number of hydrogen-bond donors (Lipinski definition) is 1. The van der Waals surface area contributed by atoms with Crippen LogP contribution in [0.5, 0.6) is 0 Å². The van der Waals surface area contributed by atoms with E-state index in [0.29, 0.717) is 6.54 Å². The molecule has 2 aliphatic rings. The number of hydrogen-bond acceptors (Lipinski definition) is 4. The van der Waals surface area contributed by atoms with Crippen LogP contribution in [0.25, 0.3) is 0 Å². The van der Waals surface area contributed by atoms with Crippen LogP contribution in [0.15, 0.2) is 30.6 Å². The number of anilines is 1. The standard InChI is InChI=1S/C14H15N5O/c20-14(12-7-10-3-1-2-4-11(10)16-12)18-5-6-19-9-15-17-13(19)8-18/h1-4,9,12,16H,5-8H2/t12-/m0/s1. The first-order valence-electron chi connectivity index (χ1n) is 6.81. The average molecular weight is 269 g/mol. The van der Waals surface area contributed by atoms with Crippen LogP contribution in [0, 0.1) is 0 Å². The first kappa shape index (κ1) is 11.5. The molecule has 2 aromatic rings. The summed E-state index contributed by atoms with van der Waals surface area (Å²) < 4.78 is 2.00. The lowest BCUT2D eigenvalue weighted by atomic mass is 10.1. The molecule has 20 heavy (non-hydrogen) atoms. The van der Waals surface area contributed by atoms with Gasteiger partial charge in [-0.1, -0.05) is 18.2 Å². The smallest absolute Gasteiger partial charge is 0.245 e. The van der Waals surface area contributed by atoms with E-state index in [1.807, 2.05) is 27.7 Å². The minimum atomic E-state index is -0.151. The number of fused-ring (bicyclic) bond motifs is 2. The van der Waals surface area contributed by atoms with Gasteiger partial charge in [0, 0.05) is 25.2 Å². The molecule has 1 atom stereocenters. The van der Waals surface area contributed by atoms with E-state index in [1.54, 1.807) is 6.33 Å². The van der Waals surface area contributed by atoms with Crippen molar-refractivity contribution in [2.24, 2.45) is 0 Å². The van der Waals surface area contributed by atoms with Gasteiger partial charge in [-0.3, -0.25) is 4.79 Å². The maximum atomic E-state index is 12.6. The molecule has 0 saturated carbocycles. The first-order valence-corrected chi connectivity index (χ1v) is 6.81. The van der Waals surface area contributed by atoms with E-state index in [2.05, 4.69) is 21.6 Å². The molecule has 3 heterocycles. The van der Waals surface area contributed by atoms with E-state index in [9.17, 15) is 4.79 Å². The largest absolute Gasteiger partial charge is 0.373 e. The maximum absolute atomic E-state index is 12.6. The van der Waals surface area contributed by atoms with E-state index >= 15 is 0 Å². The first-order chi connectivity index (χ1) is 9.81. The van der Waals surface area contributed by atoms with Crippen molar-refractivity contribution < 1.29 is 4.79 Å². The summed E-state index contributed by atoms with van der Waals surface area (Å²) in [5.41, 5.74) is 2.29. The van der Waals surface area contributed by atoms with E-state index in [4.69, 9.17) is 0 Å². The second-order valence-corrected chi connectivity index (χ2v) is 5.26. The Bertz CT molecular complexity index is 636. The molecule has 6 nitrogen and oxygen atoms in total. The van der Waals surface area contributed by atoms with Gasteiger partial charge in [0.15, 0.2) is 5.82 Å². The molecule has 2 aliphatic heterocycles. The van der Waals surface area contributed by atoms with Crippen LogP contribution in [0.2, 0.25) is 0 Å². The summed E-state index contributed by atoms with van der Waals surface area (Å²) in [7, 11) is 0. The lowest BCUT2D eigenvalue weighted by molar-refractivity contribution is -0.133. The Morgan fingerprint density at radius 2 is 2.20 bits per heavy atom. The SMILES string of the molecule is O=C([C@@H]1Cc2ccccc2N1)N1CCn2cnnc2C1. The Morgan fingerprint density at radius 1 is 1.30 bits per heavy atom. The zero-order valence-electron chi connectivity index (χ0n) is 11.0. The average Bonchev–Trinajstić information content (AvgIpc) is 3.11. The summed E-state index contributed by atoms with van der Waals surface area (Å²) in [4.78, 5) is 14.5. The number of para-hydroxylation sites is 1. The van der Waals surface area contributed by atoms with Gasteiger partial charge in [-0.15, -0.1) is 10.2 Å². The molecular formula is C14H15N5O. The van der Waals surface area contributed by atoms with Crippen LogP contribution in [0.4, 0.5) is 5.69 Å². The fourth-order valence-corrected chi connectivity index (χ4v) is 2.92. The van der Waals surface area contributed by atoms with Gasteiger partial charge in [0.2, 0.25) is 5.91 Å². The van der Waals surface area contributed by atoms with Gasteiger partial charge in [0.05, 0.1) is 6.54 Å². The minimum absolute atomic E-state index is 0.149. The monoisotopic (exact) mass is 269 g/mol. The van der Waals surface area contributed by atoms with E-state index < -0.39 is 0 Å². The molecular weight excluding hydrogens is 254 g/mol. The molecule has 0 saturated heterocycles. The Labute approximate surface area is 116 Å². The normalized spacial score (nSPS) is 20.2. The van der Waals surface area contributed by atoms with E-state index in [0.717, 1.165) is 31.0 Å². The molecule has 102 valence electrons. The van der Waals surface area contributed by atoms with Crippen molar-refractivity contribution in [3.63, 3.8) is 0 Å². The molecule has 6 heteroatoms. The molecule has 1 N–H and O–H groups in total. The van der Waals surface area contributed by atoms with Crippen LogP contribution in [-0.4, -0.2) is 38.2 Å². The van der Waals surface area contributed by atoms with Crippen LogP contribution < -0.4 is 5.32 Å². The molecule has 1 aromatic heterocycles. The third-order valence-electron chi connectivity index (χ3n) is 4.02. The van der Waals surface area contributed by atoms with Crippen molar-refractivity contribution in [2.45, 2.75) is 25.6 Å². The van der Waals surface area contributed by atoms with Crippen molar-refractivity contribution >= 4 is 11.6 Å². The fraction of sp³-hybridized carbons (Fsp3) is 0.357. The van der Waals surface area contributed by atoms with Gasteiger partial charge in [-0.2, -0.15) is 0 Å². The Morgan fingerprint density at radius 3 is 3.10 bits per heavy atom. The number of nitrogens with one attached hydrogen (secondary N) is 1. The second kappa shape index (κ2) is 4.33. The summed E-state index contributed by atoms with van der Waals surface area (Å²) in [6, 6.07) is 7.94. The van der Waals surface area contributed by atoms with Crippen LogP contribution >= 0.6 is 0 Å². The maximum Gasteiger partial charge on any atom is 0.245 e. The van der Waals surface area contributed by atoms with Crippen molar-refractivity contribution in [1.29, 1.82) is 0 Å². The van der Waals surface area contributed by atoms with Gasteiger partial charge in [0.1, 0.15) is 12.4 Å². The highest BCUT2D eigenvalue weighted by Gasteiger charge is 2.31. The summed E-state index contributed by atoms with van der Waals surface area (Å²) >= 11 is 0. The van der Waals surface area contributed by atoms with Gasteiger partial charge >= 0.3 is 0 Å². The van der Waals surface area contributed by atoms with Crippen molar-refractivity contribution in [3.05, 3.63) is 42.0 Å². The van der Waals surface area contributed by atoms with Gasteiger partial charge in [-0.25, -0.2) is 0 Å². The molecule has 0 aliphatic carbocycles. The predicted octanol–water partition coefficient (Wildman–Crippen LogP) is 0.657. The van der Waals surface area contributed by atoms with Crippen LogP contribution in [0.3, 0.4) is 0 Å². The molecule has 0 radical (unpaired) electrons. The minimum Gasteiger partial charge on any atom is -0.373 e. The van der Waals surface area contributed by atoms with E-state index in [-0.39, 0.29) is 11.9 Å². The summed E-state index contributed by atoms with van der Waals surface area (Å²) in [5.74, 6) is 1.01. The summed E-state index contributed by atoms with van der Waals surface area (Å²) in [5, 5.41) is 11.3. The van der Waals surface area contributed by atoms with Crippen LogP contribution in [-0.2, 0) is 24.3 Å². The number of rotatable bonds is 1. The van der Waals surface area contributed by atoms with Gasteiger partial charge in [0.25, 0.3) is 0 Å². The van der Waals surface area contributed by atoms with Gasteiger partial charge < -0.3 is 14.8 Å². The Balaban J connectivity index is 1.50. The Kier molecular flexibility index (Phi) is 2.48. The molecule has 1 aromatic carbocycles. The lowest BCUT2D eigenvalue weighted by Crippen LogP contribution is -2.45. The summed E-state index contributed by atoms with van der Waals surface area (Å²) in [6.07, 6.45) is 2.49. The molecule has 1 amide bonds. The molecule has 0 fully saturated rings. The molecule has 0 spiro atoms. The van der Waals surface area contributed by atoms with Crippen molar-refractivity contribution in [2.75, 3.05) is 11.9 Å². The number of benzene rings is 1. The molecule has 0 unspecified atom stereocenters. The van der Waals surface area contributed by atoms with Crippen LogP contribution in [0.1, 0.15) is 11.4 Å². The third-order valence-corrected chi connectivity index (χ3v) is 4.02. The number of aromatic nitrogens is 3. The number of carbonyl (C=O) groups is 1. The van der Waals surface area contributed by atoms with E-state index in [1.165, 1.54) is 5.56 Å². The van der Waals surface area contributed by atoms with Crippen molar-refractivity contribution in [3.8, 4) is 0 Å². The topological polar surface area (TPSA) is 63.1 Å². The number of amides is 1. The molecule has 0 bridgehead atoms. The summed E-state index contributed by atoms with van der Waals surface area (Å²) in [6.45, 7) is 2.04. The highest BCUT2D eigenvalue weighted by atomic mass is 16.2.